The van der Waals surface area contributed by atoms with Crippen LogP contribution in [0.15, 0.2) is 17.6 Å². The summed E-state index contributed by atoms with van der Waals surface area (Å²) in [5, 5.41) is 8.45. The van der Waals surface area contributed by atoms with Crippen LogP contribution in [0.1, 0.15) is 25.7 Å². The second kappa shape index (κ2) is 5.23. The van der Waals surface area contributed by atoms with E-state index in [1.54, 1.807) is 18.5 Å². The molecule has 0 saturated carbocycles. The minimum absolute atomic E-state index is 0.313. The first kappa shape index (κ1) is 13.3. The third kappa shape index (κ3) is 2.50. The number of ether oxygens (including phenoxy) is 1. The molecule has 2 aromatic rings. The van der Waals surface area contributed by atoms with Gasteiger partial charge in [0.2, 0.25) is 0 Å². The lowest BCUT2D eigenvalue weighted by molar-refractivity contribution is 0.0607. The molecule has 0 aliphatic heterocycles. The molecule has 6 nitrogen and oxygen atoms in total. The molecule has 100 valence electrons. The van der Waals surface area contributed by atoms with Crippen LogP contribution >= 0.6 is 11.3 Å². The van der Waals surface area contributed by atoms with Gasteiger partial charge in [-0.1, -0.05) is 0 Å². The number of methoxy groups -OCH3 is 1. The molecule has 19 heavy (non-hydrogen) atoms. The standard InChI is InChI=1S/C12H13N3O3S/c1-7-6-19-10(12(17)18-3)9(7)14-11(16)8-4-5-13-15(8)2/h4-6H,1-3H3,(H,14,16). The molecule has 7 heteroatoms. The normalized spacial score (nSPS) is 10.3. The van der Waals surface area contributed by atoms with E-state index in [2.05, 4.69) is 15.2 Å². The number of hydrogen-bond acceptors (Lipinski definition) is 5. The van der Waals surface area contributed by atoms with Gasteiger partial charge in [0.25, 0.3) is 5.91 Å². The molecular weight excluding hydrogens is 266 g/mol. The van der Waals surface area contributed by atoms with Gasteiger partial charge in [-0.05, 0) is 23.9 Å². The van der Waals surface area contributed by atoms with E-state index in [1.165, 1.54) is 29.3 Å². The minimum atomic E-state index is -0.460. The quantitative estimate of drug-likeness (QED) is 0.870. The number of nitrogens with zero attached hydrogens (tertiary/aromatic N) is 2. The summed E-state index contributed by atoms with van der Waals surface area (Å²) in [6, 6.07) is 1.61. The summed E-state index contributed by atoms with van der Waals surface area (Å²) in [6.45, 7) is 1.82. The van der Waals surface area contributed by atoms with Gasteiger partial charge >= 0.3 is 5.97 Å². The lowest BCUT2D eigenvalue weighted by atomic mass is 10.2. The van der Waals surface area contributed by atoms with Crippen molar-refractivity contribution < 1.29 is 14.3 Å². The van der Waals surface area contributed by atoms with Crippen molar-refractivity contribution in [1.29, 1.82) is 0 Å². The van der Waals surface area contributed by atoms with Crippen LogP contribution in [0.5, 0.6) is 0 Å². The maximum Gasteiger partial charge on any atom is 0.350 e. The van der Waals surface area contributed by atoms with Crippen LogP contribution in [0.2, 0.25) is 0 Å². The molecular formula is C12H13N3O3S. The van der Waals surface area contributed by atoms with E-state index >= 15 is 0 Å². The smallest absolute Gasteiger partial charge is 0.350 e. The van der Waals surface area contributed by atoms with Crippen molar-refractivity contribution >= 4 is 28.9 Å². The third-order valence-electron chi connectivity index (χ3n) is 2.64. The highest BCUT2D eigenvalue weighted by atomic mass is 32.1. The summed E-state index contributed by atoms with van der Waals surface area (Å²) in [5.41, 5.74) is 1.73. The molecule has 0 aliphatic carbocycles. The highest BCUT2D eigenvalue weighted by Crippen LogP contribution is 2.28. The summed E-state index contributed by atoms with van der Waals surface area (Å²) in [7, 11) is 2.99. The predicted octanol–water partition coefficient (Wildman–Crippen LogP) is 1.83. The number of hydrogen-bond donors (Lipinski definition) is 1. The van der Waals surface area contributed by atoms with Gasteiger partial charge in [0, 0.05) is 13.2 Å². The van der Waals surface area contributed by atoms with Crippen molar-refractivity contribution in [2.75, 3.05) is 12.4 Å². The van der Waals surface area contributed by atoms with E-state index in [1.807, 2.05) is 6.92 Å². The molecule has 0 unspecified atom stereocenters. The van der Waals surface area contributed by atoms with Gasteiger partial charge in [0.1, 0.15) is 10.6 Å². The van der Waals surface area contributed by atoms with Crippen molar-refractivity contribution in [2.45, 2.75) is 6.92 Å². The maximum atomic E-state index is 12.1. The number of aryl methyl sites for hydroxylation is 2. The van der Waals surface area contributed by atoms with E-state index in [4.69, 9.17) is 0 Å². The first-order valence-electron chi connectivity index (χ1n) is 5.50. The van der Waals surface area contributed by atoms with Crippen molar-refractivity contribution in [1.82, 2.24) is 9.78 Å². The van der Waals surface area contributed by atoms with E-state index in [9.17, 15) is 9.59 Å². The van der Waals surface area contributed by atoms with Gasteiger partial charge in [0.15, 0.2) is 0 Å². The molecule has 0 radical (unpaired) electrons. The first-order chi connectivity index (χ1) is 9.04. The Hall–Kier alpha value is -2.15. The van der Waals surface area contributed by atoms with Crippen LogP contribution in [-0.2, 0) is 11.8 Å². The van der Waals surface area contributed by atoms with Crippen molar-refractivity contribution in [3.05, 3.63) is 33.8 Å². The van der Waals surface area contributed by atoms with Crippen LogP contribution in [0.3, 0.4) is 0 Å². The Morgan fingerprint density at radius 2 is 2.21 bits per heavy atom. The van der Waals surface area contributed by atoms with Gasteiger partial charge in [-0.3, -0.25) is 9.48 Å². The first-order valence-corrected chi connectivity index (χ1v) is 6.38. The van der Waals surface area contributed by atoms with Gasteiger partial charge in [-0.15, -0.1) is 11.3 Å². The Morgan fingerprint density at radius 1 is 1.47 bits per heavy atom. The number of esters is 1. The molecule has 1 amide bonds. The molecule has 0 spiro atoms. The molecule has 0 atom stereocenters. The Labute approximate surface area is 114 Å². The number of amides is 1. The van der Waals surface area contributed by atoms with Crippen LogP contribution in [0.4, 0.5) is 5.69 Å². The lowest BCUT2D eigenvalue weighted by Crippen LogP contribution is -2.18. The highest BCUT2D eigenvalue weighted by Gasteiger charge is 2.20. The monoisotopic (exact) mass is 279 g/mol. The van der Waals surface area contributed by atoms with E-state index in [0.29, 0.717) is 16.3 Å². The van der Waals surface area contributed by atoms with Crippen LogP contribution in [0, 0.1) is 6.92 Å². The van der Waals surface area contributed by atoms with Crippen molar-refractivity contribution in [3.63, 3.8) is 0 Å². The van der Waals surface area contributed by atoms with Crippen LogP contribution in [0.25, 0.3) is 0 Å². The van der Waals surface area contributed by atoms with Crippen LogP contribution < -0.4 is 5.32 Å². The zero-order valence-electron chi connectivity index (χ0n) is 10.8. The number of rotatable bonds is 3. The second-order valence-corrected chi connectivity index (χ2v) is 4.79. The number of nitrogens with one attached hydrogen (secondary N) is 1. The Kier molecular flexibility index (Phi) is 3.66. The number of thiophene rings is 1. The molecule has 2 rings (SSSR count). The van der Waals surface area contributed by atoms with E-state index in [0.717, 1.165) is 5.56 Å². The molecule has 1 N–H and O–H groups in total. The lowest BCUT2D eigenvalue weighted by Gasteiger charge is -2.07. The molecule has 2 aromatic heterocycles. The second-order valence-electron chi connectivity index (χ2n) is 3.91. The minimum Gasteiger partial charge on any atom is -0.465 e. The highest BCUT2D eigenvalue weighted by molar-refractivity contribution is 7.12. The predicted molar refractivity (Wildman–Crippen MR) is 71.6 cm³/mol. The Balaban J connectivity index is 2.29. The number of anilines is 1. The summed E-state index contributed by atoms with van der Waals surface area (Å²) in [5.74, 6) is -0.773. The summed E-state index contributed by atoms with van der Waals surface area (Å²) in [4.78, 5) is 24.1. The summed E-state index contributed by atoms with van der Waals surface area (Å²) >= 11 is 1.24. The fraction of sp³-hybridized carbons (Fsp3) is 0.250. The third-order valence-corrected chi connectivity index (χ3v) is 3.72. The molecule has 0 fully saturated rings. The van der Waals surface area contributed by atoms with E-state index in [-0.39, 0.29) is 5.91 Å². The Morgan fingerprint density at radius 3 is 2.79 bits per heavy atom. The largest absolute Gasteiger partial charge is 0.465 e. The zero-order chi connectivity index (χ0) is 14.0. The van der Waals surface area contributed by atoms with Crippen LogP contribution in [-0.4, -0.2) is 28.8 Å². The van der Waals surface area contributed by atoms with Gasteiger partial charge < -0.3 is 10.1 Å². The Bertz CT molecular complexity index is 630. The summed E-state index contributed by atoms with van der Waals surface area (Å²) in [6.07, 6.45) is 1.54. The van der Waals surface area contributed by atoms with Crippen molar-refractivity contribution in [3.8, 4) is 0 Å². The van der Waals surface area contributed by atoms with Gasteiger partial charge in [-0.2, -0.15) is 5.10 Å². The fourth-order valence-electron chi connectivity index (χ4n) is 1.62. The average molecular weight is 279 g/mol. The summed E-state index contributed by atoms with van der Waals surface area (Å²) < 4.78 is 6.16. The van der Waals surface area contributed by atoms with Gasteiger partial charge in [0.05, 0.1) is 12.8 Å². The SMILES string of the molecule is COC(=O)c1scc(C)c1NC(=O)c1ccnn1C. The molecule has 0 saturated heterocycles. The average Bonchev–Trinajstić information content (AvgIpc) is 2.96. The number of carbonyl (C=O) groups excluding carboxylic acids is 2. The molecule has 0 aliphatic rings. The molecule has 0 aromatic carbocycles. The molecule has 2 heterocycles. The maximum absolute atomic E-state index is 12.1. The number of carbonyl (C=O) groups is 2. The van der Waals surface area contributed by atoms with E-state index < -0.39 is 5.97 Å². The number of aromatic nitrogens is 2. The molecule has 0 bridgehead atoms. The van der Waals surface area contributed by atoms with Gasteiger partial charge in [-0.25, -0.2) is 4.79 Å². The fourth-order valence-corrected chi connectivity index (χ4v) is 2.54. The topological polar surface area (TPSA) is 73.2 Å². The van der Waals surface area contributed by atoms with Crippen molar-refractivity contribution in [2.24, 2.45) is 7.05 Å². The zero-order valence-corrected chi connectivity index (χ0v) is 11.6.